The third kappa shape index (κ3) is 5.61. The molecular formula is C20H23ClN2O2. The number of benzene rings is 2. The van der Waals surface area contributed by atoms with Crippen LogP contribution in [-0.4, -0.2) is 30.3 Å². The van der Waals surface area contributed by atoms with E-state index >= 15 is 0 Å². The first-order valence-electron chi connectivity index (χ1n) is 8.39. The highest BCUT2D eigenvalue weighted by molar-refractivity contribution is 6.30. The van der Waals surface area contributed by atoms with Crippen molar-refractivity contribution >= 4 is 23.4 Å². The Morgan fingerprint density at radius 3 is 2.44 bits per heavy atom. The molecule has 0 aliphatic carbocycles. The third-order valence-electron chi connectivity index (χ3n) is 3.93. The first kappa shape index (κ1) is 19.0. The van der Waals surface area contributed by atoms with Crippen molar-refractivity contribution in [2.45, 2.75) is 26.3 Å². The van der Waals surface area contributed by atoms with E-state index in [0.29, 0.717) is 29.2 Å². The van der Waals surface area contributed by atoms with E-state index < -0.39 is 0 Å². The maximum absolute atomic E-state index is 12.4. The lowest BCUT2D eigenvalue weighted by Crippen LogP contribution is -2.28. The molecule has 1 N–H and O–H groups in total. The molecule has 0 spiro atoms. The molecule has 0 saturated carbocycles. The number of rotatable bonds is 7. The van der Waals surface area contributed by atoms with Crippen molar-refractivity contribution in [3.63, 3.8) is 0 Å². The number of nitrogens with zero attached hydrogens (tertiary/aromatic N) is 1. The van der Waals surface area contributed by atoms with Gasteiger partial charge in [0.1, 0.15) is 0 Å². The molecule has 0 saturated heterocycles. The van der Waals surface area contributed by atoms with Crippen LogP contribution in [0.1, 0.15) is 46.0 Å². The largest absolute Gasteiger partial charge is 0.348 e. The van der Waals surface area contributed by atoms with Gasteiger partial charge in [-0.2, -0.15) is 0 Å². The minimum Gasteiger partial charge on any atom is -0.348 e. The number of carbonyl (C=O) groups is 2. The SMILES string of the molecule is CCCCN(C)C(=O)c1cccc(C(=O)NCc2ccc(Cl)cc2)c1. The Balaban J connectivity index is 2.00. The molecule has 0 aliphatic heterocycles. The van der Waals surface area contributed by atoms with Crippen LogP contribution in [-0.2, 0) is 6.54 Å². The highest BCUT2D eigenvalue weighted by Gasteiger charge is 2.13. The van der Waals surface area contributed by atoms with Gasteiger partial charge in [-0.1, -0.05) is 43.1 Å². The van der Waals surface area contributed by atoms with E-state index in [4.69, 9.17) is 11.6 Å². The van der Waals surface area contributed by atoms with Gasteiger partial charge < -0.3 is 10.2 Å². The van der Waals surface area contributed by atoms with Crippen LogP contribution in [0.4, 0.5) is 0 Å². The van der Waals surface area contributed by atoms with E-state index in [2.05, 4.69) is 12.2 Å². The average molecular weight is 359 g/mol. The van der Waals surface area contributed by atoms with E-state index in [9.17, 15) is 9.59 Å². The van der Waals surface area contributed by atoms with Gasteiger partial charge in [0, 0.05) is 36.3 Å². The molecule has 0 atom stereocenters. The van der Waals surface area contributed by atoms with Gasteiger partial charge in [0.15, 0.2) is 0 Å². The molecule has 0 unspecified atom stereocenters. The summed E-state index contributed by atoms with van der Waals surface area (Å²) in [6.07, 6.45) is 1.99. The smallest absolute Gasteiger partial charge is 0.253 e. The summed E-state index contributed by atoms with van der Waals surface area (Å²) in [6.45, 7) is 3.21. The molecule has 0 heterocycles. The van der Waals surface area contributed by atoms with E-state index in [0.717, 1.165) is 18.4 Å². The molecular weight excluding hydrogens is 336 g/mol. The van der Waals surface area contributed by atoms with Gasteiger partial charge in [-0.25, -0.2) is 0 Å². The highest BCUT2D eigenvalue weighted by Crippen LogP contribution is 2.11. The minimum atomic E-state index is -0.208. The molecule has 0 aromatic heterocycles. The van der Waals surface area contributed by atoms with Gasteiger partial charge in [-0.05, 0) is 42.3 Å². The zero-order valence-corrected chi connectivity index (χ0v) is 15.3. The maximum atomic E-state index is 12.4. The van der Waals surface area contributed by atoms with Gasteiger partial charge >= 0.3 is 0 Å². The van der Waals surface area contributed by atoms with Crippen molar-refractivity contribution in [1.29, 1.82) is 0 Å². The fraction of sp³-hybridized carbons (Fsp3) is 0.300. The normalized spacial score (nSPS) is 10.4. The second-order valence-electron chi connectivity index (χ2n) is 5.97. The van der Waals surface area contributed by atoms with Crippen LogP contribution in [0, 0.1) is 0 Å². The maximum Gasteiger partial charge on any atom is 0.253 e. The summed E-state index contributed by atoms with van der Waals surface area (Å²) in [6, 6.07) is 14.1. The van der Waals surface area contributed by atoms with Crippen molar-refractivity contribution in [3.05, 3.63) is 70.2 Å². The van der Waals surface area contributed by atoms with Crippen LogP contribution in [0.15, 0.2) is 48.5 Å². The van der Waals surface area contributed by atoms with Crippen LogP contribution in [0.25, 0.3) is 0 Å². The fourth-order valence-electron chi connectivity index (χ4n) is 2.40. The Hall–Kier alpha value is -2.33. The molecule has 2 aromatic rings. The van der Waals surface area contributed by atoms with Crippen molar-refractivity contribution in [2.24, 2.45) is 0 Å². The van der Waals surface area contributed by atoms with Gasteiger partial charge in [-0.15, -0.1) is 0 Å². The lowest BCUT2D eigenvalue weighted by Gasteiger charge is -2.17. The number of hydrogen-bond acceptors (Lipinski definition) is 2. The summed E-state index contributed by atoms with van der Waals surface area (Å²) in [5.41, 5.74) is 1.96. The van der Waals surface area contributed by atoms with Gasteiger partial charge in [-0.3, -0.25) is 9.59 Å². The fourth-order valence-corrected chi connectivity index (χ4v) is 2.52. The summed E-state index contributed by atoms with van der Waals surface area (Å²) >= 11 is 5.85. The van der Waals surface area contributed by atoms with Crippen LogP contribution in [0.2, 0.25) is 5.02 Å². The van der Waals surface area contributed by atoms with Crippen molar-refractivity contribution in [3.8, 4) is 0 Å². The van der Waals surface area contributed by atoms with E-state index in [1.54, 1.807) is 48.3 Å². The molecule has 0 aliphatic rings. The molecule has 2 rings (SSSR count). The first-order chi connectivity index (χ1) is 12.0. The Morgan fingerprint density at radius 1 is 1.08 bits per heavy atom. The quantitative estimate of drug-likeness (QED) is 0.808. The summed E-state index contributed by atoms with van der Waals surface area (Å²) in [5.74, 6) is -0.276. The second-order valence-corrected chi connectivity index (χ2v) is 6.41. The number of carbonyl (C=O) groups excluding carboxylic acids is 2. The van der Waals surface area contributed by atoms with E-state index in [1.807, 2.05) is 12.1 Å². The molecule has 4 nitrogen and oxygen atoms in total. The number of amides is 2. The number of nitrogens with one attached hydrogen (secondary N) is 1. The standard InChI is InChI=1S/C20H23ClN2O2/c1-3-4-12-23(2)20(25)17-7-5-6-16(13-17)19(24)22-14-15-8-10-18(21)11-9-15/h5-11,13H,3-4,12,14H2,1-2H3,(H,22,24). The molecule has 0 bridgehead atoms. The first-order valence-corrected chi connectivity index (χ1v) is 8.77. The monoisotopic (exact) mass is 358 g/mol. The van der Waals surface area contributed by atoms with Crippen LogP contribution >= 0.6 is 11.6 Å². The Morgan fingerprint density at radius 2 is 1.76 bits per heavy atom. The zero-order chi connectivity index (χ0) is 18.2. The van der Waals surface area contributed by atoms with E-state index in [-0.39, 0.29) is 11.8 Å². The number of hydrogen-bond donors (Lipinski definition) is 1. The van der Waals surface area contributed by atoms with Crippen LogP contribution in [0.5, 0.6) is 0 Å². The third-order valence-corrected chi connectivity index (χ3v) is 4.18. The minimum absolute atomic E-state index is 0.0687. The summed E-state index contributed by atoms with van der Waals surface area (Å²) < 4.78 is 0. The van der Waals surface area contributed by atoms with Crippen molar-refractivity contribution < 1.29 is 9.59 Å². The Bertz CT molecular complexity index is 729. The molecule has 5 heteroatoms. The molecule has 0 fully saturated rings. The molecule has 132 valence electrons. The van der Waals surface area contributed by atoms with Crippen molar-refractivity contribution in [1.82, 2.24) is 10.2 Å². The summed E-state index contributed by atoms with van der Waals surface area (Å²) in [4.78, 5) is 26.4. The van der Waals surface area contributed by atoms with Crippen LogP contribution in [0.3, 0.4) is 0 Å². The van der Waals surface area contributed by atoms with Gasteiger partial charge in [0.2, 0.25) is 0 Å². The molecule has 2 amide bonds. The molecule has 25 heavy (non-hydrogen) atoms. The topological polar surface area (TPSA) is 49.4 Å². The predicted molar refractivity (Wildman–Crippen MR) is 101 cm³/mol. The summed E-state index contributed by atoms with van der Waals surface area (Å²) in [5, 5.41) is 3.52. The molecule has 0 radical (unpaired) electrons. The lowest BCUT2D eigenvalue weighted by atomic mass is 10.1. The lowest BCUT2D eigenvalue weighted by molar-refractivity contribution is 0.0793. The summed E-state index contributed by atoms with van der Waals surface area (Å²) in [7, 11) is 1.78. The van der Waals surface area contributed by atoms with Crippen LogP contribution < -0.4 is 5.32 Å². The Kier molecular flexibility index (Phi) is 7.02. The average Bonchev–Trinajstić information content (AvgIpc) is 2.64. The predicted octanol–water partition coefficient (Wildman–Crippen LogP) is 4.14. The van der Waals surface area contributed by atoms with Gasteiger partial charge in [0.25, 0.3) is 11.8 Å². The van der Waals surface area contributed by atoms with Crippen molar-refractivity contribution in [2.75, 3.05) is 13.6 Å². The zero-order valence-electron chi connectivity index (χ0n) is 14.6. The second kappa shape index (κ2) is 9.23. The Labute approximate surface area is 153 Å². The number of halogens is 1. The molecule has 2 aromatic carbocycles. The van der Waals surface area contributed by atoms with E-state index in [1.165, 1.54) is 0 Å². The number of unbranched alkanes of at least 4 members (excludes halogenated alkanes) is 1. The van der Waals surface area contributed by atoms with Gasteiger partial charge in [0.05, 0.1) is 0 Å². The highest BCUT2D eigenvalue weighted by atomic mass is 35.5.